The number of aryl methyl sites for hydroxylation is 2. The fraction of sp³-hybridized carbons (Fsp3) is 0.421. The summed E-state index contributed by atoms with van der Waals surface area (Å²) in [6, 6.07) is 7.63. The van der Waals surface area contributed by atoms with Crippen LogP contribution in [0, 0.1) is 12.8 Å². The van der Waals surface area contributed by atoms with E-state index < -0.39 is 0 Å². The second-order valence-corrected chi connectivity index (χ2v) is 6.86. The Hall–Kier alpha value is -2.67. The predicted molar refractivity (Wildman–Crippen MR) is 98.3 cm³/mol. The lowest BCUT2D eigenvalue weighted by Crippen LogP contribution is -2.27. The van der Waals surface area contributed by atoms with Gasteiger partial charge in [-0.2, -0.15) is 4.98 Å². The quantitative estimate of drug-likeness (QED) is 0.735. The van der Waals surface area contributed by atoms with Crippen molar-refractivity contribution in [3.63, 3.8) is 0 Å². The third-order valence-corrected chi connectivity index (χ3v) is 5.02. The van der Waals surface area contributed by atoms with Crippen molar-refractivity contribution in [3.8, 4) is 17.1 Å². The van der Waals surface area contributed by atoms with Gasteiger partial charge in [0, 0.05) is 23.9 Å². The highest BCUT2D eigenvalue weighted by molar-refractivity contribution is 5.58. The van der Waals surface area contributed by atoms with Gasteiger partial charge in [-0.15, -0.1) is 0 Å². The van der Waals surface area contributed by atoms with Crippen molar-refractivity contribution in [1.29, 1.82) is 0 Å². The van der Waals surface area contributed by atoms with Crippen molar-refractivity contribution < 1.29 is 4.52 Å². The molecule has 0 saturated carbocycles. The van der Waals surface area contributed by atoms with E-state index in [1.165, 1.54) is 12.8 Å². The first-order valence-corrected chi connectivity index (χ1v) is 9.12. The van der Waals surface area contributed by atoms with Crippen LogP contribution in [-0.2, 0) is 6.42 Å². The standard InChI is InChI=1S/C19H23N5O2/c1-13-12-21-19(25)24(13)16-4-2-3-15(11-16)18-22-17(26-23-18)6-5-14-7-9-20-10-8-14/h2-4,11-12,14,20H,5-10H2,1H3,(H,21,25). The molecule has 3 aromatic rings. The number of imidazole rings is 1. The summed E-state index contributed by atoms with van der Waals surface area (Å²) in [6.45, 7) is 4.09. The van der Waals surface area contributed by atoms with Gasteiger partial charge in [-0.3, -0.25) is 4.57 Å². The van der Waals surface area contributed by atoms with Gasteiger partial charge in [0.1, 0.15) is 0 Å². The number of hydrogen-bond donors (Lipinski definition) is 2. The van der Waals surface area contributed by atoms with E-state index >= 15 is 0 Å². The first-order chi connectivity index (χ1) is 12.7. The lowest BCUT2D eigenvalue weighted by Gasteiger charge is -2.21. The topological polar surface area (TPSA) is 88.7 Å². The molecule has 2 N–H and O–H groups in total. The first-order valence-electron chi connectivity index (χ1n) is 9.12. The van der Waals surface area contributed by atoms with Gasteiger partial charge in [-0.05, 0) is 57.3 Å². The van der Waals surface area contributed by atoms with E-state index in [2.05, 4.69) is 20.4 Å². The van der Waals surface area contributed by atoms with Gasteiger partial charge in [-0.1, -0.05) is 17.3 Å². The van der Waals surface area contributed by atoms with Crippen LogP contribution in [0.4, 0.5) is 0 Å². The number of nitrogens with one attached hydrogen (secondary N) is 2. The molecule has 0 amide bonds. The van der Waals surface area contributed by atoms with Gasteiger partial charge in [0.25, 0.3) is 0 Å². The summed E-state index contributed by atoms with van der Waals surface area (Å²) in [5, 5.41) is 7.51. The maximum absolute atomic E-state index is 12.0. The molecule has 0 spiro atoms. The Morgan fingerprint density at radius 1 is 1.31 bits per heavy atom. The average Bonchev–Trinajstić information content (AvgIpc) is 3.28. The van der Waals surface area contributed by atoms with Crippen LogP contribution in [0.5, 0.6) is 0 Å². The van der Waals surface area contributed by atoms with Gasteiger partial charge in [0.2, 0.25) is 11.7 Å². The molecule has 0 aliphatic carbocycles. The Morgan fingerprint density at radius 3 is 2.92 bits per heavy atom. The minimum absolute atomic E-state index is 0.157. The number of rotatable bonds is 5. The van der Waals surface area contributed by atoms with Crippen LogP contribution in [0.25, 0.3) is 17.1 Å². The summed E-state index contributed by atoms with van der Waals surface area (Å²) < 4.78 is 7.06. The van der Waals surface area contributed by atoms with Crippen LogP contribution >= 0.6 is 0 Å². The molecule has 1 aromatic carbocycles. The molecule has 2 aromatic heterocycles. The fourth-order valence-corrected chi connectivity index (χ4v) is 3.53. The Labute approximate surface area is 151 Å². The number of nitrogens with zero attached hydrogens (tertiary/aromatic N) is 3. The van der Waals surface area contributed by atoms with Crippen LogP contribution < -0.4 is 11.0 Å². The molecule has 1 fully saturated rings. The highest BCUT2D eigenvalue weighted by Gasteiger charge is 2.16. The van der Waals surface area contributed by atoms with Crippen LogP contribution in [-0.4, -0.2) is 32.8 Å². The molecule has 0 radical (unpaired) electrons. The zero-order valence-corrected chi connectivity index (χ0v) is 14.9. The maximum atomic E-state index is 12.0. The zero-order valence-electron chi connectivity index (χ0n) is 14.9. The summed E-state index contributed by atoms with van der Waals surface area (Å²) in [5.74, 6) is 1.98. The molecule has 1 saturated heterocycles. The lowest BCUT2D eigenvalue weighted by atomic mass is 9.93. The lowest BCUT2D eigenvalue weighted by molar-refractivity contribution is 0.324. The number of benzene rings is 1. The number of hydrogen-bond acceptors (Lipinski definition) is 5. The minimum atomic E-state index is -0.157. The maximum Gasteiger partial charge on any atom is 0.330 e. The number of H-pyrrole nitrogens is 1. The highest BCUT2D eigenvalue weighted by atomic mass is 16.5. The van der Waals surface area contributed by atoms with Gasteiger partial charge in [-0.25, -0.2) is 4.79 Å². The average molecular weight is 353 g/mol. The van der Waals surface area contributed by atoms with Gasteiger partial charge >= 0.3 is 5.69 Å². The third kappa shape index (κ3) is 3.48. The molecule has 0 unspecified atom stereocenters. The smallest absolute Gasteiger partial charge is 0.330 e. The summed E-state index contributed by atoms with van der Waals surface area (Å²) in [5.41, 5.74) is 2.32. The van der Waals surface area contributed by atoms with E-state index in [0.717, 1.165) is 48.8 Å². The molecule has 7 heteroatoms. The van der Waals surface area contributed by atoms with Crippen LogP contribution in [0.15, 0.2) is 39.8 Å². The number of aromatic amines is 1. The summed E-state index contributed by atoms with van der Waals surface area (Å²) >= 11 is 0. The molecule has 4 rings (SSSR count). The molecular formula is C19H23N5O2. The first kappa shape index (κ1) is 16.8. The fourth-order valence-electron chi connectivity index (χ4n) is 3.53. The predicted octanol–water partition coefficient (Wildman–Crippen LogP) is 2.46. The van der Waals surface area contributed by atoms with E-state index in [-0.39, 0.29) is 5.69 Å². The van der Waals surface area contributed by atoms with Crippen molar-refractivity contribution in [2.45, 2.75) is 32.6 Å². The van der Waals surface area contributed by atoms with Crippen molar-refractivity contribution >= 4 is 0 Å². The number of piperidine rings is 1. The second kappa shape index (κ2) is 7.29. The van der Waals surface area contributed by atoms with Crippen LogP contribution in [0.3, 0.4) is 0 Å². The SMILES string of the molecule is Cc1c[nH]c(=O)n1-c1cccc(-c2noc(CCC3CCNCC3)n2)c1. The second-order valence-electron chi connectivity index (χ2n) is 6.86. The van der Waals surface area contributed by atoms with E-state index in [4.69, 9.17) is 4.52 Å². The van der Waals surface area contributed by atoms with Gasteiger partial charge in [0.15, 0.2) is 0 Å². The van der Waals surface area contributed by atoms with Crippen molar-refractivity contribution in [3.05, 3.63) is 52.5 Å². The van der Waals surface area contributed by atoms with Crippen molar-refractivity contribution in [2.24, 2.45) is 5.92 Å². The third-order valence-electron chi connectivity index (χ3n) is 5.02. The minimum Gasteiger partial charge on any atom is -0.339 e. The van der Waals surface area contributed by atoms with E-state index in [0.29, 0.717) is 11.7 Å². The molecule has 26 heavy (non-hydrogen) atoms. The van der Waals surface area contributed by atoms with E-state index in [1.54, 1.807) is 10.8 Å². The Kier molecular flexibility index (Phi) is 4.71. The molecule has 1 aliphatic rings. The zero-order chi connectivity index (χ0) is 17.9. The van der Waals surface area contributed by atoms with Crippen LogP contribution in [0.1, 0.15) is 30.8 Å². The Morgan fingerprint density at radius 2 is 2.15 bits per heavy atom. The molecule has 1 aliphatic heterocycles. The van der Waals surface area contributed by atoms with E-state index in [1.807, 2.05) is 31.2 Å². The normalized spacial score (nSPS) is 15.4. The monoisotopic (exact) mass is 353 g/mol. The highest BCUT2D eigenvalue weighted by Crippen LogP contribution is 2.22. The summed E-state index contributed by atoms with van der Waals surface area (Å²) in [4.78, 5) is 19.2. The molecule has 0 bridgehead atoms. The molecule has 136 valence electrons. The van der Waals surface area contributed by atoms with Crippen molar-refractivity contribution in [2.75, 3.05) is 13.1 Å². The Balaban J connectivity index is 1.50. The number of aromatic nitrogens is 4. The van der Waals surface area contributed by atoms with Crippen molar-refractivity contribution in [1.82, 2.24) is 25.0 Å². The van der Waals surface area contributed by atoms with Gasteiger partial charge < -0.3 is 14.8 Å². The Bertz CT molecular complexity index is 933. The van der Waals surface area contributed by atoms with E-state index in [9.17, 15) is 4.79 Å². The molecular weight excluding hydrogens is 330 g/mol. The molecule has 0 atom stereocenters. The largest absolute Gasteiger partial charge is 0.339 e. The summed E-state index contributed by atoms with van der Waals surface area (Å²) in [7, 11) is 0. The molecule has 7 nitrogen and oxygen atoms in total. The van der Waals surface area contributed by atoms with Gasteiger partial charge in [0.05, 0.1) is 5.69 Å². The summed E-state index contributed by atoms with van der Waals surface area (Å²) in [6.07, 6.45) is 6.03. The van der Waals surface area contributed by atoms with Crippen LogP contribution in [0.2, 0.25) is 0 Å². The molecule has 3 heterocycles.